The molecule has 0 aliphatic heterocycles. The van der Waals surface area contributed by atoms with Crippen molar-refractivity contribution in [2.45, 2.75) is 58.0 Å². The van der Waals surface area contributed by atoms with Gasteiger partial charge in [0.25, 0.3) is 0 Å². The van der Waals surface area contributed by atoms with Crippen LogP contribution in [0.15, 0.2) is 0 Å². The number of rotatable bonds is 7. The van der Waals surface area contributed by atoms with Crippen LogP contribution in [-0.4, -0.2) is 35.6 Å². The maximum atomic E-state index is 11.7. The molecule has 0 radical (unpaired) electrons. The fraction of sp³-hybridized carbons (Fsp3) is 0.846. The third-order valence-electron chi connectivity index (χ3n) is 3.25. The predicted octanol–water partition coefficient (Wildman–Crippen LogP) is 1.13. The first kappa shape index (κ1) is 15.0. The van der Waals surface area contributed by atoms with Crippen LogP contribution in [-0.2, 0) is 9.59 Å². The molecule has 1 fully saturated rings. The number of carbonyl (C=O) groups excluding carboxylic acids is 1. The van der Waals surface area contributed by atoms with E-state index in [0.717, 1.165) is 12.8 Å². The average molecular weight is 256 g/mol. The van der Waals surface area contributed by atoms with E-state index in [9.17, 15) is 9.59 Å². The zero-order chi connectivity index (χ0) is 13.5. The Balaban J connectivity index is 2.29. The van der Waals surface area contributed by atoms with Crippen molar-refractivity contribution in [2.75, 3.05) is 6.54 Å². The Hall–Kier alpha value is -1.10. The molecule has 1 atom stereocenters. The van der Waals surface area contributed by atoms with Crippen LogP contribution in [0.4, 0.5) is 0 Å². The molecule has 1 unspecified atom stereocenters. The van der Waals surface area contributed by atoms with E-state index in [2.05, 4.69) is 10.6 Å². The second-order valence-corrected chi connectivity index (χ2v) is 5.45. The highest BCUT2D eigenvalue weighted by Gasteiger charge is 2.21. The van der Waals surface area contributed by atoms with E-state index in [1.54, 1.807) is 0 Å². The molecule has 1 saturated carbocycles. The molecule has 1 aliphatic rings. The van der Waals surface area contributed by atoms with E-state index in [0.29, 0.717) is 12.5 Å². The van der Waals surface area contributed by atoms with E-state index in [1.165, 1.54) is 12.8 Å². The number of aliphatic carboxylic acids is 1. The van der Waals surface area contributed by atoms with Crippen LogP contribution in [0.25, 0.3) is 0 Å². The molecule has 0 saturated heterocycles. The summed E-state index contributed by atoms with van der Waals surface area (Å²) < 4.78 is 0. The molecular formula is C13H24N2O3. The minimum atomic E-state index is -0.960. The Labute approximate surface area is 108 Å². The third kappa shape index (κ3) is 5.49. The van der Waals surface area contributed by atoms with E-state index < -0.39 is 12.0 Å². The zero-order valence-electron chi connectivity index (χ0n) is 11.2. The second-order valence-electron chi connectivity index (χ2n) is 5.45. The number of hydrogen-bond donors (Lipinski definition) is 3. The van der Waals surface area contributed by atoms with Gasteiger partial charge in [0.2, 0.25) is 5.91 Å². The van der Waals surface area contributed by atoms with Crippen molar-refractivity contribution in [1.29, 1.82) is 0 Å². The SMILES string of the molecule is CC(C)CC(NC(=O)CNC1CCCC1)C(=O)O. The van der Waals surface area contributed by atoms with E-state index in [4.69, 9.17) is 5.11 Å². The van der Waals surface area contributed by atoms with Gasteiger partial charge in [0.15, 0.2) is 0 Å². The molecule has 3 N–H and O–H groups in total. The van der Waals surface area contributed by atoms with Crippen LogP contribution in [0.1, 0.15) is 46.0 Å². The Bertz CT molecular complexity index is 286. The molecule has 0 aromatic rings. The third-order valence-corrected chi connectivity index (χ3v) is 3.25. The number of hydrogen-bond acceptors (Lipinski definition) is 3. The average Bonchev–Trinajstić information content (AvgIpc) is 2.77. The molecule has 0 bridgehead atoms. The van der Waals surface area contributed by atoms with Crippen molar-refractivity contribution in [3.63, 3.8) is 0 Å². The highest BCUT2D eigenvalue weighted by molar-refractivity contribution is 5.84. The Kier molecular flexibility index (Phi) is 6.12. The number of carboxylic acid groups (broad SMARTS) is 1. The van der Waals surface area contributed by atoms with Crippen LogP contribution < -0.4 is 10.6 Å². The summed E-state index contributed by atoms with van der Waals surface area (Å²) >= 11 is 0. The van der Waals surface area contributed by atoms with Crippen LogP contribution in [0.2, 0.25) is 0 Å². The normalized spacial score (nSPS) is 17.9. The van der Waals surface area contributed by atoms with Gasteiger partial charge >= 0.3 is 5.97 Å². The molecule has 18 heavy (non-hydrogen) atoms. The maximum Gasteiger partial charge on any atom is 0.326 e. The summed E-state index contributed by atoms with van der Waals surface area (Å²) in [5, 5.41) is 14.8. The summed E-state index contributed by atoms with van der Waals surface area (Å²) in [5.74, 6) is -0.943. The molecule has 5 heteroatoms. The first-order chi connectivity index (χ1) is 8.49. The molecule has 0 aromatic carbocycles. The zero-order valence-corrected chi connectivity index (χ0v) is 11.2. The molecular weight excluding hydrogens is 232 g/mol. The lowest BCUT2D eigenvalue weighted by Crippen LogP contribution is -2.46. The lowest BCUT2D eigenvalue weighted by atomic mass is 10.0. The standard InChI is InChI=1S/C13H24N2O3/c1-9(2)7-11(13(17)18)15-12(16)8-14-10-5-3-4-6-10/h9-11,14H,3-8H2,1-2H3,(H,15,16)(H,17,18). The lowest BCUT2D eigenvalue weighted by molar-refractivity contribution is -0.142. The summed E-state index contributed by atoms with van der Waals surface area (Å²) in [6.45, 7) is 4.10. The van der Waals surface area contributed by atoms with Crippen molar-refractivity contribution >= 4 is 11.9 Å². The van der Waals surface area contributed by atoms with Gasteiger partial charge in [-0.2, -0.15) is 0 Å². The second kappa shape index (κ2) is 7.36. The summed E-state index contributed by atoms with van der Waals surface area (Å²) in [6.07, 6.45) is 5.11. The first-order valence-corrected chi connectivity index (χ1v) is 6.74. The van der Waals surface area contributed by atoms with Crippen LogP contribution in [0, 0.1) is 5.92 Å². The van der Waals surface area contributed by atoms with Crippen LogP contribution >= 0.6 is 0 Å². The number of nitrogens with one attached hydrogen (secondary N) is 2. The van der Waals surface area contributed by atoms with Gasteiger partial charge in [0.1, 0.15) is 6.04 Å². The topological polar surface area (TPSA) is 78.4 Å². The van der Waals surface area contributed by atoms with Crippen molar-refractivity contribution in [1.82, 2.24) is 10.6 Å². The van der Waals surface area contributed by atoms with Crippen LogP contribution in [0.5, 0.6) is 0 Å². The number of carboxylic acids is 1. The molecule has 0 heterocycles. The fourth-order valence-corrected chi connectivity index (χ4v) is 2.31. The van der Waals surface area contributed by atoms with Gasteiger partial charge in [0, 0.05) is 6.04 Å². The van der Waals surface area contributed by atoms with Crippen molar-refractivity contribution in [3.8, 4) is 0 Å². The molecule has 5 nitrogen and oxygen atoms in total. The Morgan fingerprint density at radius 1 is 1.28 bits per heavy atom. The quantitative estimate of drug-likeness (QED) is 0.638. The maximum absolute atomic E-state index is 11.7. The predicted molar refractivity (Wildman–Crippen MR) is 69.3 cm³/mol. The van der Waals surface area contributed by atoms with Gasteiger partial charge in [0.05, 0.1) is 6.54 Å². The minimum absolute atomic E-state index is 0.215. The fourth-order valence-electron chi connectivity index (χ4n) is 2.31. The summed E-state index contributed by atoms with van der Waals surface area (Å²) in [7, 11) is 0. The van der Waals surface area contributed by atoms with Gasteiger partial charge in [-0.3, -0.25) is 4.79 Å². The van der Waals surface area contributed by atoms with Crippen LogP contribution in [0.3, 0.4) is 0 Å². The highest BCUT2D eigenvalue weighted by Crippen LogP contribution is 2.17. The largest absolute Gasteiger partial charge is 0.480 e. The lowest BCUT2D eigenvalue weighted by Gasteiger charge is -2.17. The monoisotopic (exact) mass is 256 g/mol. The Morgan fingerprint density at radius 3 is 2.39 bits per heavy atom. The number of carbonyl (C=O) groups is 2. The molecule has 1 rings (SSSR count). The molecule has 1 amide bonds. The summed E-state index contributed by atoms with van der Waals surface area (Å²) in [5.41, 5.74) is 0. The van der Waals surface area contributed by atoms with E-state index in [1.807, 2.05) is 13.8 Å². The van der Waals surface area contributed by atoms with Gasteiger partial charge < -0.3 is 15.7 Å². The van der Waals surface area contributed by atoms with Gasteiger partial charge in [-0.1, -0.05) is 26.7 Å². The van der Waals surface area contributed by atoms with Gasteiger partial charge in [-0.25, -0.2) is 4.79 Å². The highest BCUT2D eigenvalue weighted by atomic mass is 16.4. The Morgan fingerprint density at radius 2 is 1.89 bits per heavy atom. The number of amides is 1. The summed E-state index contributed by atoms with van der Waals surface area (Å²) in [4.78, 5) is 22.7. The molecule has 1 aliphatic carbocycles. The van der Waals surface area contributed by atoms with E-state index in [-0.39, 0.29) is 18.4 Å². The molecule has 0 aromatic heterocycles. The smallest absolute Gasteiger partial charge is 0.326 e. The van der Waals surface area contributed by atoms with Gasteiger partial charge in [-0.05, 0) is 25.2 Å². The molecule has 0 spiro atoms. The van der Waals surface area contributed by atoms with Crippen molar-refractivity contribution in [3.05, 3.63) is 0 Å². The first-order valence-electron chi connectivity index (χ1n) is 6.74. The van der Waals surface area contributed by atoms with E-state index >= 15 is 0 Å². The summed E-state index contributed by atoms with van der Waals surface area (Å²) in [6, 6.07) is -0.355. The van der Waals surface area contributed by atoms with Crippen molar-refractivity contribution in [2.24, 2.45) is 5.92 Å². The van der Waals surface area contributed by atoms with Gasteiger partial charge in [-0.15, -0.1) is 0 Å². The molecule has 104 valence electrons. The minimum Gasteiger partial charge on any atom is -0.480 e. The van der Waals surface area contributed by atoms with Crippen molar-refractivity contribution < 1.29 is 14.7 Å².